The molecule has 0 saturated carbocycles. The molecule has 0 bridgehead atoms. The Morgan fingerprint density at radius 2 is 2.16 bits per heavy atom. The molecule has 1 saturated heterocycles. The van der Waals surface area contributed by atoms with Gasteiger partial charge in [0.25, 0.3) is 0 Å². The molecule has 0 N–H and O–H groups in total. The average Bonchev–Trinajstić information content (AvgIpc) is 3.10. The van der Waals surface area contributed by atoms with Crippen LogP contribution in [0.15, 0.2) is 18.2 Å². The Hall–Kier alpha value is -1.56. The monoisotopic (exact) mass is 274 g/mol. The number of rotatable bonds is 4. The Morgan fingerprint density at radius 1 is 1.53 bits per heavy atom. The first-order valence-electron chi connectivity index (χ1n) is 5.81. The second-order valence-electron chi connectivity index (χ2n) is 4.46. The van der Waals surface area contributed by atoms with E-state index in [-0.39, 0.29) is 18.8 Å². The van der Waals surface area contributed by atoms with Crippen molar-refractivity contribution in [2.24, 2.45) is 0 Å². The lowest BCUT2D eigenvalue weighted by Gasteiger charge is -2.26. The molecular formula is C13H13F3O3. The first kappa shape index (κ1) is 13.9. The maximum Gasteiger partial charge on any atom is 0.347 e. The third-order valence-corrected chi connectivity index (χ3v) is 3.22. The van der Waals surface area contributed by atoms with Crippen LogP contribution in [0.1, 0.15) is 19.4 Å². The molecule has 19 heavy (non-hydrogen) atoms. The van der Waals surface area contributed by atoms with Crippen molar-refractivity contribution in [3.63, 3.8) is 0 Å². The van der Waals surface area contributed by atoms with Crippen LogP contribution in [-0.4, -0.2) is 24.9 Å². The highest BCUT2D eigenvalue weighted by Crippen LogP contribution is 2.51. The van der Waals surface area contributed by atoms with E-state index in [1.165, 1.54) is 6.92 Å². The van der Waals surface area contributed by atoms with Gasteiger partial charge in [-0.3, -0.25) is 0 Å². The van der Waals surface area contributed by atoms with Crippen LogP contribution in [0.5, 0.6) is 0 Å². The molecule has 1 aliphatic rings. The Morgan fingerprint density at radius 3 is 2.63 bits per heavy atom. The summed E-state index contributed by atoms with van der Waals surface area (Å²) in [5, 5.41) is 0. The molecule has 2 atom stereocenters. The van der Waals surface area contributed by atoms with E-state index in [0.29, 0.717) is 6.07 Å². The zero-order valence-corrected chi connectivity index (χ0v) is 10.5. The molecule has 1 aliphatic heterocycles. The second-order valence-corrected chi connectivity index (χ2v) is 4.46. The standard InChI is InChI=1S/C13H13F3O3/c1-3-18-11(17)12(2,16)13(7-19-13)9-5-4-8(14)6-10(9)15/h4-6H,3,7H2,1-2H3. The number of epoxide rings is 1. The maximum absolute atomic E-state index is 14.6. The summed E-state index contributed by atoms with van der Waals surface area (Å²) in [6.07, 6.45) is 0. The molecule has 1 aromatic rings. The van der Waals surface area contributed by atoms with Crippen LogP contribution in [0, 0.1) is 11.6 Å². The Kier molecular flexibility index (Phi) is 3.30. The molecule has 0 amide bonds. The van der Waals surface area contributed by atoms with Gasteiger partial charge in [-0.05, 0) is 19.9 Å². The molecule has 3 nitrogen and oxygen atoms in total. The number of hydrogen-bond donors (Lipinski definition) is 0. The third kappa shape index (κ3) is 2.10. The van der Waals surface area contributed by atoms with E-state index in [0.717, 1.165) is 19.1 Å². The van der Waals surface area contributed by atoms with Crippen molar-refractivity contribution in [1.29, 1.82) is 0 Å². The quantitative estimate of drug-likeness (QED) is 0.625. The van der Waals surface area contributed by atoms with E-state index in [1.54, 1.807) is 0 Å². The molecule has 6 heteroatoms. The van der Waals surface area contributed by atoms with E-state index < -0.39 is 28.9 Å². The van der Waals surface area contributed by atoms with Crippen molar-refractivity contribution >= 4 is 5.97 Å². The highest BCUT2D eigenvalue weighted by atomic mass is 19.1. The van der Waals surface area contributed by atoms with Gasteiger partial charge >= 0.3 is 5.97 Å². The fourth-order valence-electron chi connectivity index (χ4n) is 2.00. The van der Waals surface area contributed by atoms with Gasteiger partial charge in [-0.1, -0.05) is 6.07 Å². The molecule has 1 fully saturated rings. The summed E-state index contributed by atoms with van der Waals surface area (Å²) < 4.78 is 50.8. The van der Waals surface area contributed by atoms with E-state index in [4.69, 9.17) is 4.74 Å². The molecule has 0 radical (unpaired) electrons. The van der Waals surface area contributed by atoms with E-state index in [9.17, 15) is 18.0 Å². The molecule has 0 aliphatic carbocycles. The highest BCUT2D eigenvalue weighted by Gasteiger charge is 2.67. The summed E-state index contributed by atoms with van der Waals surface area (Å²) in [5.41, 5.74) is -4.47. The first-order chi connectivity index (χ1) is 8.85. The Bertz CT molecular complexity index is 510. The topological polar surface area (TPSA) is 38.8 Å². The maximum atomic E-state index is 14.6. The van der Waals surface area contributed by atoms with Crippen molar-refractivity contribution in [3.05, 3.63) is 35.4 Å². The van der Waals surface area contributed by atoms with Crippen LogP contribution in [0.4, 0.5) is 13.2 Å². The number of ether oxygens (including phenoxy) is 2. The summed E-state index contributed by atoms with van der Waals surface area (Å²) in [4.78, 5) is 11.6. The van der Waals surface area contributed by atoms with Crippen molar-refractivity contribution in [2.45, 2.75) is 25.1 Å². The molecule has 2 unspecified atom stereocenters. The van der Waals surface area contributed by atoms with E-state index in [1.807, 2.05) is 0 Å². The second kappa shape index (κ2) is 4.52. The minimum atomic E-state index is -2.54. The van der Waals surface area contributed by atoms with Gasteiger partial charge in [0.1, 0.15) is 11.6 Å². The molecule has 2 rings (SSSR count). The van der Waals surface area contributed by atoms with Gasteiger partial charge < -0.3 is 9.47 Å². The predicted octanol–water partition coefficient (Wildman–Crippen LogP) is 2.48. The number of alkyl halides is 1. The van der Waals surface area contributed by atoms with Gasteiger partial charge in [-0.25, -0.2) is 18.0 Å². The van der Waals surface area contributed by atoms with Gasteiger partial charge in [0.2, 0.25) is 5.67 Å². The summed E-state index contributed by atoms with van der Waals surface area (Å²) in [6, 6.07) is 2.69. The average molecular weight is 274 g/mol. The zero-order valence-electron chi connectivity index (χ0n) is 10.5. The zero-order chi connectivity index (χ0) is 14.3. The summed E-state index contributed by atoms with van der Waals surface area (Å²) in [7, 11) is 0. The largest absolute Gasteiger partial charge is 0.464 e. The summed E-state index contributed by atoms with van der Waals surface area (Å²) in [5.74, 6) is -2.87. The smallest absolute Gasteiger partial charge is 0.347 e. The molecular weight excluding hydrogens is 261 g/mol. The van der Waals surface area contributed by atoms with Gasteiger partial charge in [0.15, 0.2) is 5.60 Å². The van der Waals surface area contributed by atoms with E-state index in [2.05, 4.69) is 4.74 Å². The van der Waals surface area contributed by atoms with Crippen LogP contribution in [0.2, 0.25) is 0 Å². The summed E-state index contributed by atoms with van der Waals surface area (Å²) in [6.45, 7) is 2.34. The van der Waals surface area contributed by atoms with Gasteiger partial charge in [-0.15, -0.1) is 0 Å². The lowest BCUT2D eigenvalue weighted by Crippen LogP contribution is -2.45. The minimum Gasteiger partial charge on any atom is -0.464 e. The van der Waals surface area contributed by atoms with Crippen LogP contribution < -0.4 is 0 Å². The van der Waals surface area contributed by atoms with Crippen molar-refractivity contribution in [2.75, 3.05) is 13.2 Å². The molecule has 1 heterocycles. The highest BCUT2D eigenvalue weighted by molar-refractivity contribution is 5.82. The van der Waals surface area contributed by atoms with Crippen LogP contribution in [0.25, 0.3) is 0 Å². The molecule has 1 aromatic carbocycles. The number of carbonyl (C=O) groups is 1. The third-order valence-electron chi connectivity index (χ3n) is 3.22. The van der Waals surface area contributed by atoms with E-state index >= 15 is 0 Å². The Labute approximate surface area is 108 Å². The van der Waals surface area contributed by atoms with Crippen LogP contribution in [-0.2, 0) is 19.9 Å². The SMILES string of the molecule is CCOC(=O)C(C)(F)C1(c2ccc(F)cc2F)CO1. The minimum absolute atomic E-state index is 0.000321. The van der Waals surface area contributed by atoms with Crippen molar-refractivity contribution in [1.82, 2.24) is 0 Å². The summed E-state index contributed by atoms with van der Waals surface area (Å²) >= 11 is 0. The van der Waals surface area contributed by atoms with Gasteiger partial charge in [-0.2, -0.15) is 0 Å². The van der Waals surface area contributed by atoms with Gasteiger partial charge in [0, 0.05) is 11.6 Å². The molecule has 0 aromatic heterocycles. The van der Waals surface area contributed by atoms with Crippen LogP contribution in [0.3, 0.4) is 0 Å². The number of hydrogen-bond acceptors (Lipinski definition) is 3. The predicted molar refractivity (Wildman–Crippen MR) is 60.1 cm³/mol. The fourth-order valence-corrected chi connectivity index (χ4v) is 2.00. The molecule has 104 valence electrons. The van der Waals surface area contributed by atoms with Crippen LogP contribution >= 0.6 is 0 Å². The number of benzene rings is 1. The number of halogens is 3. The first-order valence-corrected chi connectivity index (χ1v) is 5.81. The fraction of sp³-hybridized carbons (Fsp3) is 0.462. The Balaban J connectivity index is 2.40. The lowest BCUT2D eigenvalue weighted by molar-refractivity contribution is -0.161. The lowest BCUT2D eigenvalue weighted by atomic mass is 9.84. The van der Waals surface area contributed by atoms with Crippen molar-refractivity contribution < 1.29 is 27.4 Å². The normalized spacial score (nSPS) is 24.7. The number of esters is 1. The van der Waals surface area contributed by atoms with Crippen molar-refractivity contribution in [3.8, 4) is 0 Å². The van der Waals surface area contributed by atoms with Gasteiger partial charge in [0.05, 0.1) is 13.2 Å². The number of carbonyl (C=O) groups excluding carboxylic acids is 1. The molecule has 0 spiro atoms.